The third kappa shape index (κ3) is 2.37. The molecule has 1 fully saturated rings. The predicted molar refractivity (Wildman–Crippen MR) is 78.6 cm³/mol. The van der Waals surface area contributed by atoms with Gasteiger partial charge in [0.15, 0.2) is 0 Å². The zero-order valence-corrected chi connectivity index (χ0v) is 12.1. The molecule has 1 saturated carbocycles. The fourth-order valence-electron chi connectivity index (χ4n) is 3.03. The Morgan fingerprint density at radius 3 is 2.74 bits per heavy atom. The van der Waals surface area contributed by atoms with Gasteiger partial charge >= 0.3 is 0 Å². The van der Waals surface area contributed by atoms with E-state index in [9.17, 15) is 5.11 Å². The van der Waals surface area contributed by atoms with Crippen molar-refractivity contribution in [2.75, 3.05) is 18.4 Å². The molecule has 1 aromatic carbocycles. The Morgan fingerprint density at radius 1 is 1.37 bits per heavy atom. The maximum Gasteiger partial charge on any atom is 0.0918 e. The molecule has 0 bridgehead atoms. The number of hydrogen-bond acceptors (Lipinski definition) is 3. The minimum atomic E-state index is -0.424. The van der Waals surface area contributed by atoms with E-state index in [1.54, 1.807) is 0 Å². The fraction of sp³-hybridized carbons (Fsp3) is 0.625. The van der Waals surface area contributed by atoms with E-state index in [2.05, 4.69) is 43.5 Å². The average molecular weight is 260 g/mol. The first-order chi connectivity index (χ1) is 8.91. The molecule has 0 radical (unpaired) electrons. The molecule has 1 aliphatic carbocycles. The summed E-state index contributed by atoms with van der Waals surface area (Å²) in [6.07, 6.45) is 2.08. The van der Waals surface area contributed by atoms with Crippen LogP contribution >= 0.6 is 0 Å². The lowest BCUT2D eigenvalue weighted by Crippen LogP contribution is -2.38. The summed E-state index contributed by atoms with van der Waals surface area (Å²) in [6, 6.07) is 6.26. The van der Waals surface area contributed by atoms with Crippen LogP contribution in [-0.4, -0.2) is 23.7 Å². The Bertz CT molecular complexity index is 486. The van der Waals surface area contributed by atoms with E-state index < -0.39 is 6.10 Å². The minimum absolute atomic E-state index is 0.0362. The number of fused-ring (bicyclic) bond motifs is 2. The third-order valence-electron chi connectivity index (χ3n) is 4.28. The molecule has 104 valence electrons. The summed E-state index contributed by atoms with van der Waals surface area (Å²) in [5.41, 5.74) is 4.07. The zero-order chi connectivity index (χ0) is 13.7. The lowest BCUT2D eigenvalue weighted by molar-refractivity contribution is 0.162. The molecule has 19 heavy (non-hydrogen) atoms. The van der Waals surface area contributed by atoms with Gasteiger partial charge in [0.05, 0.1) is 6.10 Å². The molecule has 0 saturated heterocycles. The first-order valence-corrected chi connectivity index (χ1v) is 7.22. The van der Waals surface area contributed by atoms with Crippen molar-refractivity contribution in [2.24, 2.45) is 0 Å². The highest BCUT2D eigenvalue weighted by molar-refractivity contribution is 5.66. The van der Waals surface area contributed by atoms with Crippen LogP contribution in [0.2, 0.25) is 0 Å². The molecular weight excluding hydrogens is 236 g/mol. The summed E-state index contributed by atoms with van der Waals surface area (Å²) in [4.78, 5) is 0. The van der Waals surface area contributed by atoms with E-state index >= 15 is 0 Å². The number of hydrogen-bond donors (Lipinski definition) is 3. The largest absolute Gasteiger partial charge is 0.387 e. The Kier molecular flexibility index (Phi) is 2.88. The second-order valence-electron chi connectivity index (χ2n) is 7.05. The maximum absolute atomic E-state index is 10.5. The number of nitrogens with one attached hydrogen (secondary N) is 2. The molecule has 1 aliphatic heterocycles. The fourth-order valence-corrected chi connectivity index (χ4v) is 3.03. The van der Waals surface area contributed by atoms with Crippen LogP contribution < -0.4 is 10.6 Å². The molecule has 3 N–H and O–H groups in total. The molecule has 1 aromatic rings. The first-order valence-electron chi connectivity index (χ1n) is 7.22. The minimum Gasteiger partial charge on any atom is -0.387 e. The van der Waals surface area contributed by atoms with E-state index in [0.717, 1.165) is 12.1 Å². The molecule has 3 rings (SSSR count). The average Bonchev–Trinajstić information content (AvgIpc) is 3.03. The van der Waals surface area contributed by atoms with Gasteiger partial charge in [0.25, 0.3) is 0 Å². The number of aliphatic hydroxyl groups excluding tert-OH is 1. The highest BCUT2D eigenvalue weighted by Crippen LogP contribution is 2.56. The SMILES string of the molecule is CC(C)(C)NC[C@H](O)c1cccc2c1C1(CC1)CN2. The van der Waals surface area contributed by atoms with Crippen molar-refractivity contribution in [1.29, 1.82) is 0 Å². The van der Waals surface area contributed by atoms with Gasteiger partial charge in [0.1, 0.15) is 0 Å². The maximum atomic E-state index is 10.5. The highest BCUT2D eigenvalue weighted by atomic mass is 16.3. The number of anilines is 1. The lowest BCUT2D eigenvalue weighted by atomic mass is 9.90. The number of benzene rings is 1. The van der Waals surface area contributed by atoms with Crippen LogP contribution in [0.5, 0.6) is 0 Å². The van der Waals surface area contributed by atoms with Crippen LogP contribution in [0.25, 0.3) is 0 Å². The molecule has 1 atom stereocenters. The quantitative estimate of drug-likeness (QED) is 0.782. The second kappa shape index (κ2) is 4.22. The normalized spacial score (nSPS) is 21.1. The number of rotatable bonds is 3. The van der Waals surface area contributed by atoms with Crippen LogP contribution in [0, 0.1) is 0 Å². The molecule has 2 aliphatic rings. The Labute approximate surface area is 115 Å². The summed E-state index contributed by atoms with van der Waals surface area (Å²) in [5.74, 6) is 0. The van der Waals surface area contributed by atoms with Crippen molar-refractivity contribution in [3.63, 3.8) is 0 Å². The smallest absolute Gasteiger partial charge is 0.0918 e. The second-order valence-corrected chi connectivity index (χ2v) is 7.05. The van der Waals surface area contributed by atoms with Crippen molar-refractivity contribution < 1.29 is 5.11 Å². The monoisotopic (exact) mass is 260 g/mol. The summed E-state index contributed by atoms with van der Waals surface area (Å²) < 4.78 is 0. The van der Waals surface area contributed by atoms with E-state index in [-0.39, 0.29) is 5.54 Å². The van der Waals surface area contributed by atoms with Crippen LogP contribution in [0.4, 0.5) is 5.69 Å². The van der Waals surface area contributed by atoms with Crippen LogP contribution in [0.3, 0.4) is 0 Å². The lowest BCUT2D eigenvalue weighted by Gasteiger charge is -2.24. The van der Waals surface area contributed by atoms with Crippen molar-refractivity contribution >= 4 is 5.69 Å². The van der Waals surface area contributed by atoms with Crippen LogP contribution in [0.15, 0.2) is 18.2 Å². The van der Waals surface area contributed by atoms with Gasteiger partial charge in [-0.1, -0.05) is 12.1 Å². The summed E-state index contributed by atoms with van der Waals surface area (Å²) in [7, 11) is 0. The van der Waals surface area contributed by atoms with E-state index in [1.807, 2.05) is 6.07 Å². The molecule has 1 spiro atoms. The van der Waals surface area contributed by atoms with Crippen LogP contribution in [-0.2, 0) is 5.41 Å². The van der Waals surface area contributed by atoms with Gasteiger partial charge < -0.3 is 15.7 Å². The molecule has 0 amide bonds. The molecular formula is C16H24N2O. The van der Waals surface area contributed by atoms with Crippen molar-refractivity contribution in [1.82, 2.24) is 5.32 Å². The third-order valence-corrected chi connectivity index (χ3v) is 4.28. The molecule has 0 unspecified atom stereocenters. The summed E-state index contributed by atoms with van der Waals surface area (Å²) in [5, 5.41) is 17.4. The summed E-state index contributed by atoms with van der Waals surface area (Å²) in [6.45, 7) is 8.02. The van der Waals surface area contributed by atoms with Gasteiger partial charge in [-0.05, 0) is 50.8 Å². The number of β-amino-alcohol motifs (C(OH)–C–C–N with tert-alkyl or cyclic N) is 1. The molecule has 0 aromatic heterocycles. The van der Waals surface area contributed by atoms with Gasteiger partial charge in [-0.3, -0.25) is 0 Å². The highest BCUT2D eigenvalue weighted by Gasteiger charge is 2.50. The topological polar surface area (TPSA) is 44.3 Å². The van der Waals surface area contributed by atoms with Gasteiger partial charge in [-0.25, -0.2) is 0 Å². The van der Waals surface area contributed by atoms with Crippen molar-refractivity contribution in [3.05, 3.63) is 29.3 Å². The van der Waals surface area contributed by atoms with Crippen molar-refractivity contribution in [3.8, 4) is 0 Å². The van der Waals surface area contributed by atoms with E-state index in [0.29, 0.717) is 12.0 Å². The van der Waals surface area contributed by atoms with Gasteiger partial charge in [0, 0.05) is 29.7 Å². The predicted octanol–water partition coefficient (Wildman–Crippen LogP) is 2.57. The number of aliphatic hydroxyl groups is 1. The molecule has 3 nitrogen and oxygen atoms in total. The first kappa shape index (κ1) is 12.9. The van der Waals surface area contributed by atoms with Gasteiger partial charge in [-0.15, -0.1) is 0 Å². The molecule has 1 heterocycles. The van der Waals surface area contributed by atoms with E-state index in [4.69, 9.17) is 0 Å². The summed E-state index contributed by atoms with van der Waals surface area (Å²) >= 11 is 0. The van der Waals surface area contributed by atoms with E-state index in [1.165, 1.54) is 24.1 Å². The standard InChI is InChI=1S/C16H24N2O/c1-15(2,3)18-9-13(19)11-5-4-6-12-14(11)16(7-8-16)10-17-12/h4-6,13,17-19H,7-10H2,1-3H3/t13-/m0/s1. The van der Waals surface area contributed by atoms with Gasteiger partial charge in [0.2, 0.25) is 0 Å². The van der Waals surface area contributed by atoms with Gasteiger partial charge in [-0.2, -0.15) is 0 Å². The van der Waals surface area contributed by atoms with Crippen LogP contribution in [0.1, 0.15) is 50.8 Å². The Balaban J connectivity index is 1.84. The van der Waals surface area contributed by atoms with Crippen molar-refractivity contribution in [2.45, 2.75) is 50.7 Å². The Hall–Kier alpha value is -1.06. The molecule has 3 heteroatoms. The Morgan fingerprint density at radius 2 is 2.11 bits per heavy atom. The zero-order valence-electron chi connectivity index (χ0n) is 12.1.